The number of nitrogens with two attached hydrogens (primary N) is 1. The average Bonchev–Trinajstić information content (AvgIpc) is 2.86. The van der Waals surface area contributed by atoms with Gasteiger partial charge < -0.3 is 25.6 Å². The van der Waals surface area contributed by atoms with Crippen LogP contribution in [0.2, 0.25) is 0 Å². The van der Waals surface area contributed by atoms with Gasteiger partial charge in [-0.3, -0.25) is 0 Å². The van der Waals surface area contributed by atoms with Gasteiger partial charge in [0.05, 0.1) is 12.2 Å². The summed E-state index contributed by atoms with van der Waals surface area (Å²) in [6, 6.07) is 0.340. The minimum absolute atomic E-state index is 0.0843. The maximum absolute atomic E-state index is 11.0. The zero-order valence-corrected chi connectivity index (χ0v) is 14.9. The Kier molecular flexibility index (Phi) is 3.27. The van der Waals surface area contributed by atoms with Crippen LogP contribution in [0.5, 0.6) is 0 Å². The molecule has 1 spiro atoms. The van der Waals surface area contributed by atoms with Crippen LogP contribution >= 0.6 is 0 Å². The predicted octanol–water partition coefficient (Wildman–Crippen LogP) is 0.730. The molecule has 0 saturated carbocycles. The fourth-order valence-corrected chi connectivity index (χ4v) is 6.53. The summed E-state index contributed by atoms with van der Waals surface area (Å²) in [5.41, 5.74) is 7.73. The van der Waals surface area contributed by atoms with Gasteiger partial charge in [-0.15, -0.1) is 0 Å². The molecule has 0 aromatic carbocycles. The number of rotatable bonds is 2. The molecule has 2 bridgehead atoms. The molecule has 3 unspecified atom stereocenters. The van der Waals surface area contributed by atoms with Gasteiger partial charge in [0.25, 0.3) is 0 Å². The van der Waals surface area contributed by atoms with E-state index < -0.39 is 17.8 Å². The molecule has 5 heteroatoms. The van der Waals surface area contributed by atoms with Crippen LogP contribution in [0.4, 0.5) is 0 Å². The van der Waals surface area contributed by atoms with Crippen molar-refractivity contribution in [3.63, 3.8) is 0 Å². The molecule has 136 valence electrons. The maximum atomic E-state index is 11.0. The van der Waals surface area contributed by atoms with Crippen molar-refractivity contribution < 1.29 is 14.9 Å². The van der Waals surface area contributed by atoms with E-state index in [4.69, 9.17) is 10.5 Å². The fourth-order valence-electron chi connectivity index (χ4n) is 6.53. The Morgan fingerprint density at radius 1 is 1.36 bits per heavy atom. The van der Waals surface area contributed by atoms with Gasteiger partial charge in [-0.25, -0.2) is 0 Å². The normalized spacial score (nSPS) is 51.6. The second-order valence-electron chi connectivity index (χ2n) is 8.76. The van der Waals surface area contributed by atoms with Crippen molar-refractivity contribution in [2.45, 2.75) is 62.2 Å². The molecule has 3 aliphatic carbocycles. The summed E-state index contributed by atoms with van der Waals surface area (Å²) in [7, 11) is 2.20. The van der Waals surface area contributed by atoms with E-state index in [1.54, 1.807) is 0 Å². The molecular formula is C20H28N2O3. The quantitative estimate of drug-likeness (QED) is 0.644. The van der Waals surface area contributed by atoms with E-state index in [9.17, 15) is 10.2 Å². The van der Waals surface area contributed by atoms with Crippen LogP contribution in [0.3, 0.4) is 0 Å². The third-order valence-corrected chi connectivity index (χ3v) is 7.35. The van der Waals surface area contributed by atoms with Crippen molar-refractivity contribution in [1.29, 1.82) is 0 Å². The summed E-state index contributed by atoms with van der Waals surface area (Å²) in [6.45, 7) is 2.96. The lowest BCUT2D eigenvalue weighted by atomic mass is 9.50. The van der Waals surface area contributed by atoms with E-state index in [1.165, 1.54) is 11.1 Å². The molecule has 5 nitrogen and oxygen atoms in total. The van der Waals surface area contributed by atoms with Crippen molar-refractivity contribution in [2.24, 2.45) is 17.1 Å². The molecule has 5 aliphatic rings. The van der Waals surface area contributed by atoms with Crippen LogP contribution in [0.25, 0.3) is 0 Å². The second-order valence-corrected chi connectivity index (χ2v) is 8.76. The van der Waals surface area contributed by atoms with Crippen molar-refractivity contribution in [3.05, 3.63) is 35.5 Å². The molecule has 0 aromatic heterocycles. The highest BCUT2D eigenvalue weighted by Gasteiger charge is 2.71. The number of aliphatic hydroxyl groups is 2. The van der Waals surface area contributed by atoms with E-state index in [1.807, 2.05) is 19.1 Å². The van der Waals surface area contributed by atoms with Gasteiger partial charge in [-0.05, 0) is 50.9 Å². The monoisotopic (exact) mass is 344 g/mol. The number of hydrogen-bond acceptors (Lipinski definition) is 5. The van der Waals surface area contributed by atoms with Gasteiger partial charge in [0, 0.05) is 23.4 Å². The average molecular weight is 344 g/mol. The molecule has 0 amide bonds. The predicted molar refractivity (Wildman–Crippen MR) is 94.8 cm³/mol. The van der Waals surface area contributed by atoms with Crippen LogP contribution in [0.15, 0.2) is 35.5 Å². The maximum Gasteiger partial charge on any atom is 0.122 e. The lowest BCUT2D eigenvalue weighted by molar-refractivity contribution is -0.144. The SMILES string of the molecule is CC(N)CC12O[C@H]3[C@@H](O)C=C[C@H]4[C@H]5CC(=C1[C@]43CCN5C)C=CC2O. The Bertz CT molecular complexity index is 699. The van der Waals surface area contributed by atoms with E-state index in [0.29, 0.717) is 18.4 Å². The third kappa shape index (κ3) is 1.81. The first-order valence-corrected chi connectivity index (χ1v) is 9.50. The van der Waals surface area contributed by atoms with Crippen LogP contribution in [-0.2, 0) is 4.74 Å². The van der Waals surface area contributed by atoms with Crippen molar-refractivity contribution >= 4 is 0 Å². The van der Waals surface area contributed by atoms with Crippen molar-refractivity contribution in [2.75, 3.05) is 13.6 Å². The molecule has 2 heterocycles. The molecule has 0 radical (unpaired) electrons. The molecule has 8 atom stereocenters. The molecule has 4 N–H and O–H groups in total. The lowest BCUT2D eigenvalue weighted by Gasteiger charge is -2.58. The first-order chi connectivity index (χ1) is 11.9. The Labute approximate surface area is 148 Å². The Morgan fingerprint density at radius 3 is 2.92 bits per heavy atom. The molecular weight excluding hydrogens is 316 g/mol. The van der Waals surface area contributed by atoms with Crippen molar-refractivity contribution in [1.82, 2.24) is 4.90 Å². The van der Waals surface area contributed by atoms with Crippen molar-refractivity contribution in [3.8, 4) is 0 Å². The summed E-state index contributed by atoms with van der Waals surface area (Å²) < 4.78 is 6.63. The number of aliphatic hydroxyl groups excluding tert-OH is 2. The van der Waals surface area contributed by atoms with Gasteiger partial charge in [0.2, 0.25) is 0 Å². The topological polar surface area (TPSA) is 79.0 Å². The summed E-state index contributed by atoms with van der Waals surface area (Å²) in [4.78, 5) is 2.45. The van der Waals surface area contributed by atoms with Gasteiger partial charge in [0.1, 0.15) is 11.7 Å². The number of ether oxygens (including phenoxy) is 1. The second kappa shape index (κ2) is 5.05. The molecule has 2 aliphatic heterocycles. The zero-order chi connectivity index (χ0) is 17.6. The third-order valence-electron chi connectivity index (χ3n) is 7.35. The summed E-state index contributed by atoms with van der Waals surface area (Å²) >= 11 is 0. The Hall–Kier alpha value is -0.980. The smallest absolute Gasteiger partial charge is 0.122 e. The number of likely N-dealkylation sites (tertiary alicyclic amines) is 1. The molecule has 25 heavy (non-hydrogen) atoms. The summed E-state index contributed by atoms with van der Waals surface area (Å²) in [5, 5.41) is 21.8. The molecule has 2 fully saturated rings. The fraction of sp³-hybridized carbons (Fsp3) is 0.700. The van der Waals surface area contributed by atoms with Gasteiger partial charge in [-0.2, -0.15) is 0 Å². The van der Waals surface area contributed by atoms with Crippen LogP contribution in [0, 0.1) is 11.3 Å². The molecule has 0 aromatic rings. The van der Waals surface area contributed by atoms with E-state index >= 15 is 0 Å². The van der Waals surface area contributed by atoms with Crippen LogP contribution in [-0.4, -0.2) is 64.7 Å². The minimum Gasteiger partial charge on any atom is -0.386 e. The first-order valence-electron chi connectivity index (χ1n) is 9.50. The number of allylic oxidation sites excluding steroid dienone is 1. The van der Waals surface area contributed by atoms with Crippen LogP contribution < -0.4 is 5.73 Å². The van der Waals surface area contributed by atoms with E-state index in [2.05, 4.69) is 24.1 Å². The van der Waals surface area contributed by atoms with Gasteiger partial charge >= 0.3 is 0 Å². The highest BCUT2D eigenvalue weighted by Crippen LogP contribution is 2.67. The zero-order valence-electron chi connectivity index (χ0n) is 14.9. The lowest BCUT2D eigenvalue weighted by Crippen LogP contribution is -2.62. The largest absolute Gasteiger partial charge is 0.386 e. The van der Waals surface area contributed by atoms with Gasteiger partial charge in [-0.1, -0.05) is 24.3 Å². The van der Waals surface area contributed by atoms with Gasteiger partial charge in [0.15, 0.2) is 0 Å². The van der Waals surface area contributed by atoms with E-state index in [-0.39, 0.29) is 17.6 Å². The highest BCUT2D eigenvalue weighted by molar-refractivity contribution is 5.53. The number of hydrogen-bond donors (Lipinski definition) is 3. The molecule has 5 rings (SSSR count). The first kappa shape index (κ1) is 16.2. The Balaban J connectivity index is 1.77. The summed E-state index contributed by atoms with van der Waals surface area (Å²) in [5.74, 6) is 0.326. The summed E-state index contributed by atoms with van der Waals surface area (Å²) in [6.07, 6.45) is 8.95. The van der Waals surface area contributed by atoms with Crippen LogP contribution in [0.1, 0.15) is 26.2 Å². The standard InChI is InChI=1S/C20H28N2O3/c1-11(21)10-20-16(24)6-3-12-9-14-13-4-5-15(23)18(25-20)19(13,17(12)20)7-8-22(14)2/h3-6,11,13-16,18,23-24H,7-10,21H2,1-2H3/t11?,13-,14+,15-,16?,18-,19-,20?/m0/s1. The minimum atomic E-state index is -0.783. The highest BCUT2D eigenvalue weighted by atomic mass is 16.5. The number of nitrogens with zero attached hydrogens (tertiary/aromatic N) is 1. The Morgan fingerprint density at radius 2 is 2.16 bits per heavy atom. The molecule has 2 saturated heterocycles. The number of piperidine rings is 1. The van der Waals surface area contributed by atoms with E-state index in [0.717, 1.165) is 19.4 Å².